The fourth-order valence-corrected chi connectivity index (χ4v) is 6.77. The average Bonchev–Trinajstić information content (AvgIpc) is 2.67. The van der Waals surface area contributed by atoms with Gasteiger partial charge in [-0.25, -0.2) is 0 Å². The molecule has 234 valence electrons. The van der Waals surface area contributed by atoms with Crippen LogP contribution in [0.2, 0.25) is 0 Å². The van der Waals surface area contributed by atoms with E-state index in [0.717, 1.165) is 0 Å². The first-order valence-electron chi connectivity index (χ1n) is 29.4. The van der Waals surface area contributed by atoms with Gasteiger partial charge in [0.15, 0.2) is 0 Å². The second-order valence-corrected chi connectivity index (χ2v) is 11.8. The normalized spacial score (nSPS) is 20.0. The van der Waals surface area contributed by atoms with Gasteiger partial charge in [-0.1, -0.05) is 133 Å². The third kappa shape index (κ3) is 3.81. The van der Waals surface area contributed by atoms with Crippen molar-refractivity contribution in [3.8, 4) is 33.4 Å². The van der Waals surface area contributed by atoms with Crippen molar-refractivity contribution in [3.63, 3.8) is 0 Å². The highest BCUT2D eigenvalue weighted by molar-refractivity contribution is 6.27. The smallest absolute Gasteiger partial charge is 0.135 e. The number of rotatable bonds is 3. The van der Waals surface area contributed by atoms with Gasteiger partial charge in [-0.15, -0.1) is 0 Å². The zero-order valence-corrected chi connectivity index (χ0v) is 25.4. The molecule has 1 nitrogen and oxygen atoms in total. The quantitative estimate of drug-likeness (QED) is 0.170. The van der Waals surface area contributed by atoms with Gasteiger partial charge in [-0.05, 0) is 134 Å². The topological polar surface area (TPSA) is 13.1 Å². The third-order valence-electron chi connectivity index (χ3n) is 9.01. The maximum Gasteiger partial charge on any atom is 0.135 e. The third-order valence-corrected chi connectivity index (χ3v) is 9.01. The summed E-state index contributed by atoms with van der Waals surface area (Å²) in [6.45, 7) is 0. The molecule has 1 heterocycles. The molecule has 0 atom stereocenters. The van der Waals surface area contributed by atoms with Gasteiger partial charge in [0.1, 0.15) is 11.2 Å². The lowest BCUT2D eigenvalue weighted by Crippen LogP contribution is -1.91. The van der Waals surface area contributed by atoms with Gasteiger partial charge in [0.25, 0.3) is 0 Å². The Balaban J connectivity index is 1.39. The van der Waals surface area contributed by atoms with Crippen molar-refractivity contribution in [2.75, 3.05) is 0 Å². The summed E-state index contributed by atoms with van der Waals surface area (Å²) in [5.74, 6) is 0. The highest BCUT2D eigenvalue weighted by Gasteiger charge is 2.17. The van der Waals surface area contributed by atoms with Gasteiger partial charge < -0.3 is 4.42 Å². The first-order valence-corrected chi connectivity index (χ1v) is 15.4. The van der Waals surface area contributed by atoms with Crippen LogP contribution in [0.1, 0.15) is 38.4 Å². The molecule has 12 rings (SSSR count). The Bertz CT molecular complexity index is 4700. The van der Waals surface area contributed by atoms with Crippen LogP contribution in [0.15, 0.2) is 174 Å². The summed E-state index contributed by atoms with van der Waals surface area (Å²) in [7, 11) is 0. The molecule has 0 saturated heterocycles. The van der Waals surface area contributed by atoms with Crippen molar-refractivity contribution in [3.05, 3.63) is 169 Å². The van der Waals surface area contributed by atoms with Gasteiger partial charge in [-0.3, -0.25) is 0 Å². The van der Waals surface area contributed by atoms with Crippen molar-refractivity contribution in [1.82, 2.24) is 0 Å². The highest BCUT2D eigenvalue weighted by atomic mass is 16.3. The molecular weight excluding hydrogens is 617 g/mol. The predicted molar refractivity (Wildman–Crippen MR) is 217 cm³/mol. The van der Waals surface area contributed by atoms with Crippen LogP contribution in [-0.2, 0) is 0 Å². The number of hydrogen-bond acceptors (Lipinski definition) is 1. The van der Waals surface area contributed by atoms with E-state index in [4.69, 9.17) is 23.6 Å². The fourth-order valence-electron chi connectivity index (χ4n) is 6.77. The molecule has 0 saturated carbocycles. The second kappa shape index (κ2) is 9.94. The molecule has 12 aromatic rings. The lowest BCUT2D eigenvalue weighted by Gasteiger charge is -2.18. The lowest BCUT2D eigenvalue weighted by atomic mass is 9.86. The molecule has 0 spiro atoms. The van der Waals surface area contributed by atoms with Crippen LogP contribution in [0.5, 0.6) is 0 Å². The van der Waals surface area contributed by atoms with Crippen molar-refractivity contribution in [2.24, 2.45) is 0 Å². The first-order chi connectivity index (χ1) is 37.0. The Labute approximate surface area is 332 Å². The standard InChI is InChI=1S/C50H28O/c1-2-10-45-41(9-1)44-28-35(19-24-46(44)51-45)36-25-37(39-20-15-33-13-11-29-5-3-7-31-17-22-42(39)49(33)47(29)31)27-38(26-36)40-21-16-34-14-12-30-6-4-8-32-18-23-43(40)50(34)48(30)32/h1-28H/i1D,2D,3D,4D,5D,6D,7D,8D,9D,10D,11D,12D,13D,14D,15D,16D,17D,18D,19D,20D,21D,22D,23D,24D,25D,26D,27D,28D. The predicted octanol–water partition coefficient (Wildman–Crippen LogP) is 14.4. The molecule has 0 amide bonds. The Morgan fingerprint density at radius 1 is 0.294 bits per heavy atom. The monoisotopic (exact) mass is 672 g/mol. The molecule has 11 aromatic carbocycles. The van der Waals surface area contributed by atoms with E-state index in [-0.39, 0.29) is 10.8 Å². The molecule has 51 heavy (non-hydrogen) atoms. The summed E-state index contributed by atoms with van der Waals surface area (Å²) in [5, 5.41) is -6.59. The van der Waals surface area contributed by atoms with E-state index in [2.05, 4.69) is 0 Å². The Kier molecular flexibility index (Phi) is 2.33. The maximum atomic E-state index is 10.2. The van der Waals surface area contributed by atoms with Gasteiger partial charge in [0.2, 0.25) is 0 Å². The molecule has 0 aliphatic rings. The van der Waals surface area contributed by atoms with Crippen LogP contribution in [0.3, 0.4) is 0 Å². The van der Waals surface area contributed by atoms with E-state index < -0.39 is 278 Å². The van der Waals surface area contributed by atoms with Crippen LogP contribution < -0.4 is 0 Å². The van der Waals surface area contributed by atoms with Crippen LogP contribution >= 0.6 is 0 Å². The minimum absolute atomic E-state index is 0.342. The molecule has 0 bridgehead atoms. The van der Waals surface area contributed by atoms with E-state index in [1.54, 1.807) is 0 Å². The maximum absolute atomic E-state index is 10.2. The molecule has 1 heteroatoms. The zero-order valence-electron chi connectivity index (χ0n) is 53.4. The van der Waals surface area contributed by atoms with Crippen LogP contribution in [0.4, 0.5) is 0 Å². The van der Waals surface area contributed by atoms with Gasteiger partial charge in [0.05, 0.1) is 38.4 Å². The minimum atomic E-state index is -1.10. The number of fused-ring (bicyclic) bond motifs is 3. The number of furan rings is 1. The van der Waals surface area contributed by atoms with Gasteiger partial charge in [-0.2, -0.15) is 0 Å². The molecule has 0 aliphatic heterocycles. The molecule has 1 aromatic heterocycles. The van der Waals surface area contributed by atoms with E-state index in [0.29, 0.717) is 0 Å². The van der Waals surface area contributed by atoms with Crippen LogP contribution in [0, 0.1) is 0 Å². The first kappa shape index (κ1) is 12.0. The Hall–Kier alpha value is -6.70. The molecule has 0 unspecified atom stereocenters. The summed E-state index contributed by atoms with van der Waals surface area (Å²) in [6, 6.07) is -24.1. The second-order valence-electron chi connectivity index (χ2n) is 11.8. The Morgan fingerprint density at radius 3 is 1.35 bits per heavy atom. The van der Waals surface area contributed by atoms with E-state index in [1.807, 2.05) is 0 Å². The summed E-state index contributed by atoms with van der Waals surface area (Å²) in [6.07, 6.45) is 0. The van der Waals surface area contributed by atoms with Crippen LogP contribution in [-0.4, -0.2) is 0 Å². The molecule has 0 aliphatic carbocycles. The largest absolute Gasteiger partial charge is 0.456 e. The summed E-state index contributed by atoms with van der Waals surface area (Å²) in [4.78, 5) is 0. The molecule has 0 radical (unpaired) electrons. The Morgan fingerprint density at radius 2 is 0.765 bits per heavy atom. The number of para-hydroxylation sites is 1. The highest BCUT2D eigenvalue weighted by Crippen LogP contribution is 2.44. The summed E-state index contributed by atoms with van der Waals surface area (Å²) in [5.41, 5.74) is -6.31. The summed E-state index contributed by atoms with van der Waals surface area (Å²) >= 11 is 0. The van der Waals surface area contributed by atoms with E-state index in [9.17, 15) is 19.2 Å². The molecule has 0 N–H and O–H groups in total. The zero-order chi connectivity index (χ0) is 57.6. The van der Waals surface area contributed by atoms with E-state index in [1.165, 1.54) is 0 Å². The van der Waals surface area contributed by atoms with Crippen molar-refractivity contribution < 1.29 is 42.8 Å². The minimum Gasteiger partial charge on any atom is -0.456 e. The van der Waals surface area contributed by atoms with Crippen molar-refractivity contribution in [2.45, 2.75) is 0 Å². The summed E-state index contributed by atoms with van der Waals surface area (Å²) < 4.78 is 264. The molecular formula is C50H28O. The van der Waals surface area contributed by atoms with Gasteiger partial charge >= 0.3 is 0 Å². The fraction of sp³-hybridized carbons (Fsp3) is 0. The lowest BCUT2D eigenvalue weighted by molar-refractivity contribution is 0.669. The van der Waals surface area contributed by atoms with Crippen molar-refractivity contribution >= 4 is 86.6 Å². The van der Waals surface area contributed by atoms with Crippen LogP contribution in [0.25, 0.3) is 120 Å². The number of benzene rings is 11. The van der Waals surface area contributed by atoms with E-state index >= 15 is 0 Å². The molecule has 0 fully saturated rings. The average molecular weight is 673 g/mol. The van der Waals surface area contributed by atoms with Gasteiger partial charge in [0, 0.05) is 10.8 Å². The number of hydrogen-bond donors (Lipinski definition) is 0. The SMILES string of the molecule is [2H]c1c(-c2c([2H])c([2H])c3oc4c([2H])c([2H])c([2H])c([2H])c4c3c2[2H])c([2H])c(-c2c([2H])c([2H])c3c([2H])c([2H])c4c([2H])c([2H])c([2H])c5c([2H])c([2H])c2c3c45)c([2H])c1-c1c([2H])c([2H])c2c([2H])c([2H])c3c([2H])c([2H])c([2H])c4c([2H])c([2H])c1c2c34. The van der Waals surface area contributed by atoms with Crippen molar-refractivity contribution in [1.29, 1.82) is 0 Å².